The molecule has 0 spiro atoms. The summed E-state index contributed by atoms with van der Waals surface area (Å²) in [6, 6.07) is 11.6. The van der Waals surface area contributed by atoms with E-state index in [1.807, 2.05) is 36.2 Å². The Morgan fingerprint density at radius 2 is 2.00 bits per heavy atom. The van der Waals surface area contributed by atoms with Crippen LogP contribution in [0.25, 0.3) is 11.6 Å². The van der Waals surface area contributed by atoms with Crippen molar-refractivity contribution in [3.63, 3.8) is 0 Å². The number of likely N-dealkylation sites (N-methyl/N-ethyl adjacent to an activating group) is 1. The summed E-state index contributed by atoms with van der Waals surface area (Å²) in [4.78, 5) is 2.95. The average Bonchev–Trinajstić information content (AvgIpc) is 3.08. The number of hydrogen-bond donors (Lipinski definition) is 1. The zero-order chi connectivity index (χ0) is 17.5. The molecule has 2 aromatic rings. The highest BCUT2D eigenvalue weighted by molar-refractivity contribution is 7.17. The van der Waals surface area contributed by atoms with Crippen molar-refractivity contribution in [2.24, 2.45) is 0 Å². The second-order valence-electron chi connectivity index (χ2n) is 5.06. The largest absolute Gasteiger partial charge is 0.493 e. The van der Waals surface area contributed by atoms with Gasteiger partial charge in [0, 0.05) is 18.5 Å². The normalized spacial score (nSPS) is 11.0. The molecule has 1 heterocycles. The van der Waals surface area contributed by atoms with E-state index in [0.29, 0.717) is 23.6 Å². The molecule has 126 valence electrons. The Kier molecular flexibility index (Phi) is 6.24. The van der Waals surface area contributed by atoms with Crippen molar-refractivity contribution >= 4 is 28.0 Å². The van der Waals surface area contributed by atoms with Crippen LogP contribution in [0.5, 0.6) is 11.5 Å². The Bertz CT molecular complexity index is 762. The highest BCUT2D eigenvalue weighted by atomic mass is 32.1. The van der Waals surface area contributed by atoms with Crippen molar-refractivity contribution in [1.29, 1.82) is 5.26 Å². The molecule has 0 aliphatic rings. The summed E-state index contributed by atoms with van der Waals surface area (Å²) in [5, 5.41) is 19.6. The Labute approximate surface area is 146 Å². The van der Waals surface area contributed by atoms with E-state index in [4.69, 9.17) is 14.6 Å². The third kappa shape index (κ3) is 4.07. The lowest BCUT2D eigenvalue weighted by atomic mass is 10.1. The van der Waals surface area contributed by atoms with Crippen LogP contribution in [-0.4, -0.2) is 39.5 Å². The minimum absolute atomic E-state index is 0.106. The molecule has 0 saturated heterocycles. The van der Waals surface area contributed by atoms with Crippen LogP contribution in [-0.2, 0) is 0 Å². The summed E-state index contributed by atoms with van der Waals surface area (Å²) < 4.78 is 10.5. The van der Waals surface area contributed by atoms with Gasteiger partial charge in [0.25, 0.3) is 0 Å². The number of rotatable bonds is 7. The van der Waals surface area contributed by atoms with E-state index < -0.39 is 0 Å². The fourth-order valence-electron chi connectivity index (χ4n) is 2.21. The van der Waals surface area contributed by atoms with E-state index in [0.717, 1.165) is 15.4 Å². The van der Waals surface area contributed by atoms with Crippen LogP contribution >= 0.6 is 11.3 Å². The van der Waals surface area contributed by atoms with E-state index in [1.165, 1.54) is 0 Å². The fraction of sp³-hybridized carbons (Fsp3) is 0.278. The van der Waals surface area contributed by atoms with Gasteiger partial charge in [-0.2, -0.15) is 5.26 Å². The first-order valence-corrected chi connectivity index (χ1v) is 8.20. The van der Waals surface area contributed by atoms with Crippen molar-refractivity contribution in [2.45, 2.75) is 0 Å². The number of ether oxygens (including phenoxy) is 2. The highest BCUT2D eigenvalue weighted by Crippen LogP contribution is 2.32. The van der Waals surface area contributed by atoms with Gasteiger partial charge in [-0.1, -0.05) is 0 Å². The molecule has 0 atom stereocenters. The number of anilines is 1. The van der Waals surface area contributed by atoms with E-state index in [1.54, 1.807) is 37.7 Å². The molecule has 1 aromatic heterocycles. The average molecular weight is 344 g/mol. The minimum atomic E-state index is 0.106. The molecular weight excluding hydrogens is 324 g/mol. The minimum Gasteiger partial charge on any atom is -0.493 e. The Balaban J connectivity index is 2.32. The lowest BCUT2D eigenvalue weighted by Crippen LogP contribution is -2.19. The van der Waals surface area contributed by atoms with Crippen LogP contribution in [0.1, 0.15) is 10.4 Å². The SMILES string of the molecule is COc1ccc(/C(C#N)=C/c2ccc(N(C)CCO)s2)cc1OC. The number of hydrogen-bond acceptors (Lipinski definition) is 6. The lowest BCUT2D eigenvalue weighted by Gasteiger charge is -2.14. The summed E-state index contributed by atoms with van der Waals surface area (Å²) in [6.07, 6.45) is 1.85. The van der Waals surface area contributed by atoms with E-state index in [9.17, 15) is 5.26 Å². The number of aliphatic hydroxyl groups excluding tert-OH is 1. The van der Waals surface area contributed by atoms with Gasteiger partial charge in [0.15, 0.2) is 11.5 Å². The highest BCUT2D eigenvalue weighted by Gasteiger charge is 2.09. The Hall–Kier alpha value is -2.49. The number of nitriles is 1. The summed E-state index contributed by atoms with van der Waals surface area (Å²) in [5.41, 5.74) is 1.32. The number of thiophene rings is 1. The molecule has 1 N–H and O–H groups in total. The Morgan fingerprint density at radius 3 is 2.62 bits per heavy atom. The number of nitrogens with zero attached hydrogens (tertiary/aromatic N) is 2. The van der Waals surface area contributed by atoms with Gasteiger partial charge in [0.05, 0.1) is 37.5 Å². The summed E-state index contributed by atoms with van der Waals surface area (Å²) in [7, 11) is 5.07. The summed E-state index contributed by atoms with van der Waals surface area (Å²) in [5.74, 6) is 1.22. The first-order chi connectivity index (χ1) is 11.6. The predicted molar refractivity (Wildman–Crippen MR) is 97.7 cm³/mol. The molecule has 0 bridgehead atoms. The van der Waals surface area contributed by atoms with Gasteiger partial charge < -0.3 is 19.5 Å². The van der Waals surface area contributed by atoms with Crippen molar-refractivity contribution < 1.29 is 14.6 Å². The third-order valence-electron chi connectivity index (χ3n) is 3.53. The molecule has 0 unspecified atom stereocenters. The van der Waals surface area contributed by atoms with E-state index >= 15 is 0 Å². The van der Waals surface area contributed by atoms with Gasteiger partial charge >= 0.3 is 0 Å². The van der Waals surface area contributed by atoms with Gasteiger partial charge in [-0.15, -0.1) is 11.3 Å². The number of methoxy groups -OCH3 is 2. The van der Waals surface area contributed by atoms with E-state index in [-0.39, 0.29) is 6.61 Å². The van der Waals surface area contributed by atoms with Crippen LogP contribution in [0.3, 0.4) is 0 Å². The molecular formula is C18H20N2O3S. The second kappa shape index (κ2) is 8.39. The first kappa shape index (κ1) is 17.9. The molecule has 0 aliphatic heterocycles. The monoisotopic (exact) mass is 344 g/mol. The van der Waals surface area contributed by atoms with Crippen LogP contribution in [0.15, 0.2) is 30.3 Å². The zero-order valence-electron chi connectivity index (χ0n) is 13.9. The van der Waals surface area contributed by atoms with Gasteiger partial charge in [-0.3, -0.25) is 0 Å². The number of aliphatic hydroxyl groups is 1. The first-order valence-electron chi connectivity index (χ1n) is 7.39. The molecule has 6 heteroatoms. The molecule has 0 aliphatic carbocycles. The smallest absolute Gasteiger partial charge is 0.161 e. The lowest BCUT2D eigenvalue weighted by molar-refractivity contribution is 0.304. The maximum Gasteiger partial charge on any atom is 0.161 e. The van der Waals surface area contributed by atoms with Crippen LogP contribution in [0.2, 0.25) is 0 Å². The van der Waals surface area contributed by atoms with Gasteiger partial charge in [0.1, 0.15) is 0 Å². The standard InChI is InChI=1S/C18H20N2O3S/c1-20(8-9-21)18-7-5-15(24-18)10-14(12-19)13-4-6-16(22-2)17(11-13)23-3/h4-7,10-11,21H,8-9H2,1-3H3/b14-10+. The Morgan fingerprint density at radius 1 is 1.25 bits per heavy atom. The number of benzene rings is 1. The zero-order valence-corrected chi connectivity index (χ0v) is 14.8. The quantitative estimate of drug-likeness (QED) is 0.781. The summed E-state index contributed by atoms with van der Waals surface area (Å²) in [6.45, 7) is 0.680. The molecule has 1 aromatic carbocycles. The van der Waals surface area contributed by atoms with E-state index in [2.05, 4.69) is 6.07 Å². The van der Waals surface area contributed by atoms with Gasteiger partial charge in [-0.25, -0.2) is 0 Å². The van der Waals surface area contributed by atoms with Crippen LogP contribution in [0, 0.1) is 11.3 Å². The topological polar surface area (TPSA) is 65.7 Å². The molecule has 0 radical (unpaired) electrons. The maximum atomic E-state index is 9.50. The van der Waals surface area contributed by atoms with Crippen molar-refractivity contribution in [2.75, 3.05) is 39.3 Å². The van der Waals surface area contributed by atoms with Crippen molar-refractivity contribution in [1.82, 2.24) is 0 Å². The second-order valence-corrected chi connectivity index (χ2v) is 6.15. The van der Waals surface area contributed by atoms with Crippen molar-refractivity contribution in [3.05, 3.63) is 40.8 Å². The maximum absolute atomic E-state index is 9.50. The molecule has 5 nitrogen and oxygen atoms in total. The number of allylic oxidation sites excluding steroid dienone is 1. The molecule has 2 rings (SSSR count). The molecule has 0 amide bonds. The molecule has 0 saturated carbocycles. The van der Waals surface area contributed by atoms with Gasteiger partial charge in [0.2, 0.25) is 0 Å². The van der Waals surface area contributed by atoms with Crippen LogP contribution < -0.4 is 14.4 Å². The van der Waals surface area contributed by atoms with Gasteiger partial charge in [-0.05, 0) is 42.0 Å². The fourth-order valence-corrected chi connectivity index (χ4v) is 3.15. The third-order valence-corrected chi connectivity index (χ3v) is 4.67. The van der Waals surface area contributed by atoms with Crippen molar-refractivity contribution in [3.8, 4) is 17.6 Å². The van der Waals surface area contributed by atoms with Crippen LogP contribution in [0.4, 0.5) is 5.00 Å². The molecule has 0 fully saturated rings. The summed E-state index contributed by atoms with van der Waals surface area (Å²) >= 11 is 1.57. The molecule has 24 heavy (non-hydrogen) atoms. The predicted octanol–water partition coefficient (Wildman–Crippen LogP) is 3.26.